The average Bonchev–Trinajstić information content (AvgIpc) is 1.91. The Morgan fingerprint density at radius 2 is 2.71 bits per heavy atom. The topological polar surface area (TPSA) is 41.6 Å². The molecule has 1 aliphatic rings. The largest absolute Gasteiger partial charge is 0.441 e. The number of nitrogens with zero attached hydrogens (tertiary/aromatic N) is 1. The van der Waals surface area contributed by atoms with Crippen molar-refractivity contribution < 1.29 is 9.53 Å². The van der Waals surface area contributed by atoms with Crippen LogP contribution in [0.25, 0.3) is 0 Å². The molecule has 5 heteroatoms. The first-order valence-electron chi connectivity index (χ1n) is 1.67. The average molecular weight is 123 g/mol. The zero-order chi connectivity index (χ0) is 5.28. The molecular weight excluding hydrogens is 119 g/mol. The number of nitrogens with one attached hydrogen (secondary N) is 1. The number of halogens is 1. The first-order chi connectivity index (χ1) is 3.30. The van der Waals surface area contributed by atoms with E-state index in [0.717, 1.165) is 4.53 Å². The quantitative estimate of drug-likeness (QED) is 0.462. The predicted octanol–water partition coefficient (Wildman–Crippen LogP) is 0.0545. The van der Waals surface area contributed by atoms with E-state index < -0.39 is 6.09 Å². The van der Waals surface area contributed by atoms with Gasteiger partial charge >= 0.3 is 6.09 Å². The zero-order valence-corrected chi connectivity index (χ0v) is 4.10. The Morgan fingerprint density at radius 1 is 2.00 bits per heavy atom. The van der Waals surface area contributed by atoms with Gasteiger partial charge in [-0.3, -0.25) is 0 Å². The number of hydrogen-bond acceptors (Lipinski definition) is 3. The maximum atomic E-state index is 10.1. The van der Waals surface area contributed by atoms with Gasteiger partial charge in [0.2, 0.25) is 0 Å². The molecule has 1 saturated heterocycles. The van der Waals surface area contributed by atoms with Gasteiger partial charge in [-0.1, -0.05) is 0 Å². The predicted molar refractivity (Wildman–Crippen MR) is 22.2 cm³/mol. The molecule has 1 fully saturated rings. The van der Waals surface area contributed by atoms with Crippen LogP contribution in [0.5, 0.6) is 0 Å². The van der Waals surface area contributed by atoms with E-state index in [-0.39, 0.29) is 6.73 Å². The molecule has 0 aromatic heterocycles. The van der Waals surface area contributed by atoms with Gasteiger partial charge in [-0.2, -0.15) is 5.43 Å². The zero-order valence-electron chi connectivity index (χ0n) is 3.35. The van der Waals surface area contributed by atoms with Gasteiger partial charge in [0.25, 0.3) is 0 Å². The van der Waals surface area contributed by atoms with E-state index in [1.807, 2.05) is 0 Å². The molecule has 0 aromatic rings. The van der Waals surface area contributed by atoms with Crippen molar-refractivity contribution in [3.8, 4) is 0 Å². The lowest BCUT2D eigenvalue weighted by molar-refractivity contribution is 0.170. The standard InChI is InChI=1S/C2H3ClN2O2/c3-5-2(6)7-1-4-5/h4H,1H2. The van der Waals surface area contributed by atoms with E-state index >= 15 is 0 Å². The highest BCUT2D eigenvalue weighted by Crippen LogP contribution is 1.98. The highest BCUT2D eigenvalue weighted by atomic mass is 35.5. The van der Waals surface area contributed by atoms with Crippen LogP contribution >= 0.6 is 11.8 Å². The molecule has 1 amide bonds. The van der Waals surface area contributed by atoms with E-state index in [1.165, 1.54) is 0 Å². The molecule has 1 rings (SSSR count). The Balaban J connectivity index is 2.48. The van der Waals surface area contributed by atoms with Crippen LogP contribution in [0.3, 0.4) is 0 Å². The summed E-state index contributed by atoms with van der Waals surface area (Å²) in [5.41, 5.74) is 2.40. The summed E-state index contributed by atoms with van der Waals surface area (Å²) in [7, 11) is 0. The summed E-state index contributed by atoms with van der Waals surface area (Å²) in [6.07, 6.45) is -0.554. The van der Waals surface area contributed by atoms with Gasteiger partial charge in [0.15, 0.2) is 6.73 Å². The minimum absolute atomic E-state index is 0.169. The number of rotatable bonds is 0. The van der Waals surface area contributed by atoms with Crippen molar-refractivity contribution in [2.24, 2.45) is 0 Å². The molecule has 0 radical (unpaired) electrons. The summed E-state index contributed by atoms with van der Waals surface area (Å²) in [5.74, 6) is 0. The Kier molecular flexibility index (Phi) is 1.04. The maximum Gasteiger partial charge on any atom is 0.441 e. The van der Waals surface area contributed by atoms with E-state index in [2.05, 4.69) is 10.2 Å². The summed E-state index contributed by atoms with van der Waals surface area (Å²) in [6.45, 7) is 0.169. The van der Waals surface area contributed by atoms with Crippen molar-refractivity contribution >= 4 is 17.9 Å². The first kappa shape index (κ1) is 4.67. The molecule has 40 valence electrons. The molecule has 4 nitrogen and oxygen atoms in total. The van der Waals surface area contributed by atoms with Crippen molar-refractivity contribution in [2.45, 2.75) is 0 Å². The third kappa shape index (κ3) is 0.755. The number of carbonyl (C=O) groups is 1. The molecule has 1 heterocycles. The molecular formula is C2H3ClN2O2. The highest BCUT2D eigenvalue weighted by molar-refractivity contribution is 6.20. The Morgan fingerprint density at radius 3 is 2.86 bits per heavy atom. The van der Waals surface area contributed by atoms with Gasteiger partial charge in [-0.15, -0.1) is 4.53 Å². The highest BCUT2D eigenvalue weighted by Gasteiger charge is 2.18. The third-order valence-electron chi connectivity index (χ3n) is 0.559. The summed E-state index contributed by atoms with van der Waals surface area (Å²) in [4.78, 5) is 10.1. The molecule has 0 aliphatic carbocycles. The van der Waals surface area contributed by atoms with Crippen molar-refractivity contribution in [3.05, 3.63) is 0 Å². The smallest absolute Gasteiger partial charge is 0.430 e. The normalized spacial score (nSPS) is 20.1. The van der Waals surface area contributed by atoms with Gasteiger partial charge < -0.3 is 4.74 Å². The first-order valence-corrected chi connectivity index (χ1v) is 2.00. The van der Waals surface area contributed by atoms with Gasteiger partial charge in [-0.05, 0) is 0 Å². The van der Waals surface area contributed by atoms with Gasteiger partial charge in [0.05, 0.1) is 0 Å². The van der Waals surface area contributed by atoms with E-state index in [9.17, 15) is 4.79 Å². The number of cyclic esters (lactones) is 1. The van der Waals surface area contributed by atoms with Crippen LogP contribution in [0.2, 0.25) is 0 Å². The number of amides is 1. The Labute approximate surface area is 45.1 Å². The molecule has 7 heavy (non-hydrogen) atoms. The summed E-state index contributed by atoms with van der Waals surface area (Å²) < 4.78 is 5.07. The molecule has 0 unspecified atom stereocenters. The lowest BCUT2D eigenvalue weighted by atomic mass is 11.2. The molecule has 1 aliphatic heterocycles. The molecule has 0 saturated carbocycles. The number of carbonyl (C=O) groups excluding carboxylic acids is 1. The molecule has 0 spiro atoms. The van der Waals surface area contributed by atoms with Crippen LogP contribution in [0, 0.1) is 0 Å². The number of hydrogen-bond donors (Lipinski definition) is 1. The number of ether oxygens (including phenoxy) is 1. The van der Waals surface area contributed by atoms with Gasteiger partial charge in [0.1, 0.15) is 0 Å². The summed E-state index contributed by atoms with van der Waals surface area (Å²) in [6, 6.07) is 0. The molecule has 0 atom stereocenters. The summed E-state index contributed by atoms with van der Waals surface area (Å²) in [5, 5.41) is 0. The minimum atomic E-state index is -0.554. The monoisotopic (exact) mass is 122 g/mol. The fourth-order valence-electron chi connectivity index (χ4n) is 0.272. The lowest BCUT2D eigenvalue weighted by Gasteiger charge is -1.94. The van der Waals surface area contributed by atoms with Crippen molar-refractivity contribution in [2.75, 3.05) is 6.73 Å². The van der Waals surface area contributed by atoms with Crippen LogP contribution in [0.15, 0.2) is 0 Å². The third-order valence-corrected chi connectivity index (χ3v) is 0.817. The fourth-order valence-corrected chi connectivity index (χ4v) is 0.369. The van der Waals surface area contributed by atoms with E-state index in [1.54, 1.807) is 0 Å². The second kappa shape index (κ2) is 1.55. The van der Waals surface area contributed by atoms with Gasteiger partial charge in [-0.25, -0.2) is 4.79 Å². The summed E-state index contributed by atoms with van der Waals surface area (Å²) >= 11 is 5.11. The lowest BCUT2D eigenvalue weighted by Crippen LogP contribution is -2.22. The van der Waals surface area contributed by atoms with Crippen LogP contribution in [-0.4, -0.2) is 17.4 Å². The molecule has 0 bridgehead atoms. The van der Waals surface area contributed by atoms with E-state index in [0.29, 0.717) is 0 Å². The molecule has 1 N–H and O–H groups in total. The van der Waals surface area contributed by atoms with Crippen molar-refractivity contribution in [3.63, 3.8) is 0 Å². The van der Waals surface area contributed by atoms with Gasteiger partial charge in [0, 0.05) is 11.8 Å². The van der Waals surface area contributed by atoms with Crippen molar-refractivity contribution in [1.29, 1.82) is 0 Å². The van der Waals surface area contributed by atoms with Crippen LogP contribution in [0.1, 0.15) is 0 Å². The Bertz CT molecular complexity index is 95.7. The number of hydrazine groups is 1. The molecule has 0 aromatic carbocycles. The minimum Gasteiger partial charge on any atom is -0.430 e. The van der Waals surface area contributed by atoms with Crippen LogP contribution in [-0.2, 0) is 4.74 Å². The maximum absolute atomic E-state index is 10.1. The Hall–Kier alpha value is -0.480. The van der Waals surface area contributed by atoms with E-state index in [4.69, 9.17) is 11.8 Å². The SMILES string of the molecule is O=C1OCNN1Cl. The van der Waals surface area contributed by atoms with Crippen LogP contribution < -0.4 is 5.43 Å². The van der Waals surface area contributed by atoms with Crippen molar-refractivity contribution in [1.82, 2.24) is 9.95 Å². The second-order valence-corrected chi connectivity index (χ2v) is 1.33. The van der Waals surface area contributed by atoms with Crippen LogP contribution in [0.4, 0.5) is 4.79 Å². The fraction of sp³-hybridized carbons (Fsp3) is 0.500. The second-order valence-electron chi connectivity index (χ2n) is 0.994.